The Morgan fingerprint density at radius 1 is 1.00 bits per heavy atom. The number of nitrogens with zero attached hydrogens (tertiary/aromatic N) is 5. The smallest absolute Gasteiger partial charge is 0.410 e. The molecule has 9 heteroatoms. The molecule has 0 unspecified atom stereocenters. The van der Waals surface area contributed by atoms with E-state index in [0.29, 0.717) is 32.1 Å². The Labute approximate surface area is 187 Å². The molecule has 0 aromatic heterocycles. The quantitative estimate of drug-likeness (QED) is 0.268. The largest absolute Gasteiger partial charge is 0.444 e. The highest BCUT2D eigenvalue weighted by atomic mass is 127. The van der Waals surface area contributed by atoms with Crippen molar-refractivity contribution in [2.75, 3.05) is 72.5 Å². The first-order valence-electron chi connectivity index (χ1n) is 10.2. The Balaban J connectivity index is 0.00000392. The Bertz CT molecular complexity index is 503. The van der Waals surface area contributed by atoms with Gasteiger partial charge in [0.05, 0.1) is 0 Å². The molecule has 0 bridgehead atoms. The molecular weight excluding hydrogens is 471 g/mol. The van der Waals surface area contributed by atoms with Crippen molar-refractivity contribution < 1.29 is 9.53 Å². The van der Waals surface area contributed by atoms with Gasteiger partial charge in [0.15, 0.2) is 5.96 Å². The highest BCUT2D eigenvalue weighted by Gasteiger charge is 2.26. The Morgan fingerprint density at radius 2 is 1.64 bits per heavy atom. The highest BCUT2D eigenvalue weighted by Crippen LogP contribution is 2.11. The van der Waals surface area contributed by atoms with Gasteiger partial charge in [-0.25, -0.2) is 4.79 Å². The highest BCUT2D eigenvalue weighted by molar-refractivity contribution is 14.0. The summed E-state index contributed by atoms with van der Waals surface area (Å²) in [7, 11) is 2.19. The summed E-state index contributed by atoms with van der Waals surface area (Å²) in [5.74, 6) is 0.592. The Morgan fingerprint density at radius 3 is 2.29 bits per heavy atom. The zero-order chi connectivity index (χ0) is 19.9. The normalized spacial score (nSPS) is 20.5. The summed E-state index contributed by atoms with van der Waals surface area (Å²) in [4.78, 5) is 25.4. The minimum Gasteiger partial charge on any atom is -0.444 e. The van der Waals surface area contributed by atoms with E-state index in [1.54, 1.807) is 4.90 Å². The molecule has 0 radical (unpaired) electrons. The average molecular weight is 510 g/mol. The van der Waals surface area contributed by atoms with Gasteiger partial charge >= 0.3 is 6.09 Å². The number of carbonyl (C=O) groups is 1. The predicted octanol–water partition coefficient (Wildman–Crippen LogP) is 1.50. The number of piperazine rings is 1. The summed E-state index contributed by atoms with van der Waals surface area (Å²) in [6, 6.07) is 0. The third-order valence-electron chi connectivity index (χ3n) is 4.97. The van der Waals surface area contributed by atoms with Crippen LogP contribution in [0.3, 0.4) is 0 Å². The van der Waals surface area contributed by atoms with Crippen molar-refractivity contribution in [1.29, 1.82) is 0 Å². The van der Waals surface area contributed by atoms with Crippen LogP contribution < -0.4 is 5.73 Å². The molecule has 8 nitrogen and oxygen atoms in total. The molecule has 0 aromatic rings. The van der Waals surface area contributed by atoms with Crippen molar-refractivity contribution in [1.82, 2.24) is 19.6 Å². The number of amides is 1. The first-order chi connectivity index (χ1) is 12.7. The lowest BCUT2D eigenvalue weighted by molar-refractivity contribution is 0.0186. The van der Waals surface area contributed by atoms with E-state index in [1.807, 2.05) is 20.8 Å². The summed E-state index contributed by atoms with van der Waals surface area (Å²) in [6.07, 6.45) is 2.02. The lowest BCUT2D eigenvalue weighted by Gasteiger charge is -2.36. The lowest BCUT2D eigenvalue weighted by Crippen LogP contribution is -2.53. The van der Waals surface area contributed by atoms with E-state index in [4.69, 9.17) is 10.5 Å². The van der Waals surface area contributed by atoms with Crippen molar-refractivity contribution in [3.05, 3.63) is 0 Å². The molecule has 2 aliphatic rings. The number of halogens is 1. The fraction of sp³-hybridized carbons (Fsp3) is 0.895. The predicted molar refractivity (Wildman–Crippen MR) is 124 cm³/mol. The average Bonchev–Trinajstić information content (AvgIpc) is 2.81. The zero-order valence-electron chi connectivity index (χ0n) is 18.0. The van der Waals surface area contributed by atoms with Gasteiger partial charge < -0.3 is 30.1 Å². The molecule has 0 spiro atoms. The van der Waals surface area contributed by atoms with Crippen molar-refractivity contribution in [3.8, 4) is 0 Å². The summed E-state index contributed by atoms with van der Waals surface area (Å²) >= 11 is 0. The number of carbonyl (C=O) groups excluding carboxylic acids is 1. The van der Waals surface area contributed by atoms with Gasteiger partial charge in [0.25, 0.3) is 0 Å². The van der Waals surface area contributed by atoms with Crippen LogP contribution in [0.1, 0.15) is 33.6 Å². The Kier molecular flexibility index (Phi) is 10.8. The van der Waals surface area contributed by atoms with E-state index in [-0.39, 0.29) is 30.1 Å². The fourth-order valence-corrected chi connectivity index (χ4v) is 3.36. The van der Waals surface area contributed by atoms with Crippen LogP contribution in [0.4, 0.5) is 4.79 Å². The van der Waals surface area contributed by atoms with Gasteiger partial charge in [0.2, 0.25) is 0 Å². The monoisotopic (exact) mass is 510 g/mol. The zero-order valence-corrected chi connectivity index (χ0v) is 20.4. The topological polar surface area (TPSA) is 77.6 Å². The van der Waals surface area contributed by atoms with Crippen LogP contribution in [0, 0.1) is 0 Å². The molecule has 2 rings (SSSR count). The third-order valence-corrected chi connectivity index (χ3v) is 4.97. The number of rotatable bonds is 4. The lowest BCUT2D eigenvalue weighted by atomic mass is 10.2. The number of hydrogen-bond donors (Lipinski definition) is 1. The van der Waals surface area contributed by atoms with Crippen LogP contribution in [0.5, 0.6) is 0 Å². The van der Waals surface area contributed by atoms with Crippen molar-refractivity contribution in [2.24, 2.45) is 10.7 Å². The number of ether oxygens (including phenoxy) is 1. The second kappa shape index (κ2) is 12.0. The Hall–Kier alpha value is -0.810. The molecule has 2 aliphatic heterocycles. The van der Waals surface area contributed by atoms with Crippen LogP contribution in [0.15, 0.2) is 4.99 Å². The molecule has 1 amide bonds. The van der Waals surface area contributed by atoms with Gasteiger partial charge in [-0.2, -0.15) is 0 Å². The third kappa shape index (κ3) is 9.13. The van der Waals surface area contributed by atoms with Crippen molar-refractivity contribution >= 4 is 36.0 Å². The van der Waals surface area contributed by atoms with Gasteiger partial charge in [-0.05, 0) is 60.3 Å². The molecule has 0 atom stereocenters. The molecule has 164 valence electrons. The molecule has 2 heterocycles. The number of aliphatic imine (C=N–C) groups is 1. The first-order valence-corrected chi connectivity index (χ1v) is 10.2. The van der Waals surface area contributed by atoms with Crippen molar-refractivity contribution in [2.45, 2.75) is 39.2 Å². The second-order valence-corrected chi connectivity index (χ2v) is 8.55. The molecule has 0 aliphatic carbocycles. The standard InChI is InChI=1S/C19H38N6O2.HI/c1-19(2,3)27-18(26)25-15-13-24(14-16-25)17(20)21-7-5-9-23-10-6-8-22(4)11-12-23;/h5-16H2,1-4H3,(H2,20,21);1H. The maximum Gasteiger partial charge on any atom is 0.410 e. The summed E-state index contributed by atoms with van der Waals surface area (Å²) in [6.45, 7) is 14.8. The van der Waals surface area contributed by atoms with Crippen LogP contribution in [-0.4, -0.2) is 110 Å². The maximum absolute atomic E-state index is 12.1. The maximum atomic E-state index is 12.1. The van der Waals surface area contributed by atoms with Crippen LogP contribution in [0.2, 0.25) is 0 Å². The molecule has 2 saturated heterocycles. The van der Waals surface area contributed by atoms with Crippen LogP contribution in [-0.2, 0) is 4.74 Å². The van der Waals surface area contributed by atoms with Gasteiger partial charge in [0, 0.05) is 45.8 Å². The number of guanidine groups is 1. The number of hydrogen-bond acceptors (Lipinski definition) is 5. The summed E-state index contributed by atoms with van der Waals surface area (Å²) in [5, 5.41) is 0. The first kappa shape index (κ1) is 25.2. The molecule has 28 heavy (non-hydrogen) atoms. The molecule has 2 N–H and O–H groups in total. The van der Waals surface area contributed by atoms with Crippen molar-refractivity contribution in [3.63, 3.8) is 0 Å². The minimum atomic E-state index is -0.461. The number of likely N-dealkylation sites (N-methyl/N-ethyl adjacent to an activating group) is 1. The van der Waals surface area contributed by atoms with Crippen LogP contribution >= 0.6 is 24.0 Å². The van der Waals surface area contributed by atoms with E-state index in [9.17, 15) is 4.79 Å². The van der Waals surface area contributed by atoms with E-state index < -0.39 is 5.60 Å². The van der Waals surface area contributed by atoms with Gasteiger partial charge in [-0.3, -0.25) is 4.99 Å². The van der Waals surface area contributed by atoms with Gasteiger partial charge in [-0.1, -0.05) is 0 Å². The van der Waals surface area contributed by atoms with Crippen LogP contribution in [0.25, 0.3) is 0 Å². The number of nitrogens with two attached hydrogens (primary N) is 1. The molecular formula is C19H39IN6O2. The second-order valence-electron chi connectivity index (χ2n) is 8.55. The van der Waals surface area contributed by atoms with E-state index in [2.05, 4.69) is 26.7 Å². The SMILES string of the molecule is CN1CCCN(CCCN=C(N)N2CCN(C(=O)OC(C)(C)C)CC2)CC1.I. The fourth-order valence-electron chi connectivity index (χ4n) is 3.36. The van der Waals surface area contributed by atoms with Gasteiger partial charge in [-0.15, -0.1) is 24.0 Å². The van der Waals surface area contributed by atoms with E-state index in [1.165, 1.54) is 19.5 Å². The molecule has 0 saturated carbocycles. The molecule has 2 fully saturated rings. The summed E-state index contributed by atoms with van der Waals surface area (Å²) in [5.41, 5.74) is 5.69. The van der Waals surface area contributed by atoms with Gasteiger partial charge in [0.1, 0.15) is 5.60 Å². The molecule has 0 aromatic carbocycles. The van der Waals surface area contributed by atoms with E-state index >= 15 is 0 Å². The minimum absolute atomic E-state index is 0. The summed E-state index contributed by atoms with van der Waals surface area (Å²) < 4.78 is 5.42. The van der Waals surface area contributed by atoms with E-state index in [0.717, 1.165) is 32.6 Å².